The molecule has 1 saturated carbocycles. The molecule has 0 bridgehead atoms. The zero-order valence-corrected chi connectivity index (χ0v) is 6.47. The third-order valence-electron chi connectivity index (χ3n) is 3.31. The van der Waals surface area contributed by atoms with E-state index in [2.05, 4.69) is 6.92 Å². The van der Waals surface area contributed by atoms with Crippen LogP contribution in [-0.4, -0.2) is 19.3 Å². The van der Waals surface area contributed by atoms with Crippen molar-refractivity contribution in [2.24, 2.45) is 17.1 Å². The number of hydrogen-bond donors (Lipinski definition) is 1. The molecule has 0 radical (unpaired) electrons. The number of nitrogens with two attached hydrogens (primary N) is 1. The second-order valence-corrected chi connectivity index (χ2v) is 3.63. The smallest absolute Gasteiger partial charge is 0.0607 e. The van der Waals surface area contributed by atoms with Gasteiger partial charge < -0.3 is 10.5 Å². The summed E-state index contributed by atoms with van der Waals surface area (Å²) in [5, 5.41) is 0. The minimum Gasteiger partial charge on any atom is -0.378 e. The van der Waals surface area contributed by atoms with Gasteiger partial charge in [0.15, 0.2) is 0 Å². The molecule has 0 amide bonds. The van der Waals surface area contributed by atoms with Crippen molar-refractivity contribution in [1.29, 1.82) is 0 Å². The fourth-order valence-corrected chi connectivity index (χ4v) is 2.32. The van der Waals surface area contributed by atoms with Crippen LogP contribution in [0.2, 0.25) is 0 Å². The fourth-order valence-electron chi connectivity index (χ4n) is 2.32. The Balaban J connectivity index is 2.04. The Morgan fingerprint density at radius 3 is 2.90 bits per heavy atom. The average Bonchev–Trinajstić information content (AvgIpc) is 2.52. The zero-order valence-electron chi connectivity index (χ0n) is 6.47. The van der Waals surface area contributed by atoms with E-state index in [1.54, 1.807) is 0 Å². The lowest BCUT2D eigenvalue weighted by Gasteiger charge is -2.12. The van der Waals surface area contributed by atoms with Gasteiger partial charge in [-0.05, 0) is 32.2 Å². The van der Waals surface area contributed by atoms with Gasteiger partial charge in [-0.3, -0.25) is 0 Å². The van der Waals surface area contributed by atoms with Crippen LogP contribution in [0.25, 0.3) is 0 Å². The second-order valence-electron chi connectivity index (χ2n) is 3.63. The van der Waals surface area contributed by atoms with Crippen molar-refractivity contribution < 1.29 is 4.74 Å². The maximum absolute atomic E-state index is 5.59. The van der Waals surface area contributed by atoms with Gasteiger partial charge in [-0.1, -0.05) is 0 Å². The van der Waals surface area contributed by atoms with Gasteiger partial charge in [0.25, 0.3) is 0 Å². The molecule has 0 aromatic carbocycles. The van der Waals surface area contributed by atoms with Gasteiger partial charge >= 0.3 is 0 Å². The molecule has 0 aromatic heterocycles. The van der Waals surface area contributed by atoms with Crippen LogP contribution in [0.5, 0.6) is 0 Å². The van der Waals surface area contributed by atoms with E-state index in [1.165, 1.54) is 12.8 Å². The summed E-state index contributed by atoms with van der Waals surface area (Å²) in [5.41, 5.74) is 6.12. The SMILES string of the molecule is CC1OCCC12CC2CN. The van der Waals surface area contributed by atoms with Gasteiger partial charge in [-0.25, -0.2) is 0 Å². The molecule has 2 nitrogen and oxygen atoms in total. The van der Waals surface area contributed by atoms with Crippen molar-refractivity contribution in [3.63, 3.8) is 0 Å². The molecule has 2 N–H and O–H groups in total. The topological polar surface area (TPSA) is 35.2 Å². The molecule has 1 spiro atoms. The Hall–Kier alpha value is -0.0800. The van der Waals surface area contributed by atoms with Crippen LogP contribution >= 0.6 is 0 Å². The molecule has 2 heteroatoms. The van der Waals surface area contributed by atoms with Gasteiger partial charge in [0, 0.05) is 12.0 Å². The van der Waals surface area contributed by atoms with Crippen LogP contribution in [0.1, 0.15) is 19.8 Å². The summed E-state index contributed by atoms with van der Waals surface area (Å²) in [4.78, 5) is 0. The number of hydrogen-bond acceptors (Lipinski definition) is 2. The van der Waals surface area contributed by atoms with E-state index in [0.717, 1.165) is 19.1 Å². The van der Waals surface area contributed by atoms with E-state index in [-0.39, 0.29) is 0 Å². The van der Waals surface area contributed by atoms with Crippen molar-refractivity contribution >= 4 is 0 Å². The molecule has 58 valence electrons. The first kappa shape index (κ1) is 6.62. The standard InChI is InChI=1S/C8H15NO/c1-6-8(2-3-10-6)4-7(8)5-9/h6-7H,2-5,9H2,1H3. The lowest BCUT2D eigenvalue weighted by atomic mass is 9.96. The fraction of sp³-hybridized carbons (Fsp3) is 1.00. The van der Waals surface area contributed by atoms with Gasteiger partial charge in [-0.15, -0.1) is 0 Å². The second kappa shape index (κ2) is 1.95. The Kier molecular flexibility index (Phi) is 1.29. The molecule has 1 aliphatic carbocycles. The van der Waals surface area contributed by atoms with Gasteiger partial charge in [0.05, 0.1) is 6.10 Å². The van der Waals surface area contributed by atoms with E-state index in [9.17, 15) is 0 Å². The van der Waals surface area contributed by atoms with E-state index < -0.39 is 0 Å². The van der Waals surface area contributed by atoms with Gasteiger partial charge in [-0.2, -0.15) is 0 Å². The van der Waals surface area contributed by atoms with Crippen molar-refractivity contribution in [2.45, 2.75) is 25.9 Å². The van der Waals surface area contributed by atoms with Crippen LogP contribution in [0.15, 0.2) is 0 Å². The highest BCUT2D eigenvalue weighted by atomic mass is 16.5. The van der Waals surface area contributed by atoms with Crippen molar-refractivity contribution in [3.05, 3.63) is 0 Å². The highest BCUT2D eigenvalue weighted by Gasteiger charge is 2.59. The molecule has 1 heterocycles. The minimum absolute atomic E-state index is 0.473. The van der Waals surface area contributed by atoms with Crippen molar-refractivity contribution in [3.8, 4) is 0 Å². The van der Waals surface area contributed by atoms with Crippen LogP contribution in [0.4, 0.5) is 0 Å². The zero-order chi connectivity index (χ0) is 7.19. The Morgan fingerprint density at radius 2 is 2.50 bits per heavy atom. The predicted molar refractivity (Wildman–Crippen MR) is 39.6 cm³/mol. The molecule has 10 heavy (non-hydrogen) atoms. The average molecular weight is 141 g/mol. The first-order valence-corrected chi connectivity index (χ1v) is 4.11. The molecule has 1 saturated heterocycles. The van der Waals surface area contributed by atoms with Gasteiger partial charge in [0.1, 0.15) is 0 Å². The van der Waals surface area contributed by atoms with Crippen LogP contribution in [0, 0.1) is 11.3 Å². The molecule has 2 aliphatic rings. The summed E-state index contributed by atoms with van der Waals surface area (Å²) in [6.07, 6.45) is 3.03. The molecule has 0 aromatic rings. The third-order valence-corrected chi connectivity index (χ3v) is 3.31. The van der Waals surface area contributed by atoms with Crippen molar-refractivity contribution in [1.82, 2.24) is 0 Å². The number of ether oxygens (including phenoxy) is 1. The largest absolute Gasteiger partial charge is 0.378 e. The maximum Gasteiger partial charge on any atom is 0.0607 e. The summed E-state index contributed by atoms with van der Waals surface area (Å²) in [5.74, 6) is 0.769. The van der Waals surface area contributed by atoms with E-state index in [1.807, 2.05) is 0 Å². The first-order valence-electron chi connectivity index (χ1n) is 4.11. The monoisotopic (exact) mass is 141 g/mol. The highest BCUT2D eigenvalue weighted by Crippen LogP contribution is 2.60. The van der Waals surface area contributed by atoms with Crippen LogP contribution in [0.3, 0.4) is 0 Å². The molecule has 3 atom stereocenters. The summed E-state index contributed by atoms with van der Waals surface area (Å²) in [6, 6.07) is 0. The number of rotatable bonds is 1. The minimum atomic E-state index is 0.473. The summed E-state index contributed by atoms with van der Waals surface area (Å²) in [7, 11) is 0. The lowest BCUT2D eigenvalue weighted by Crippen LogP contribution is -2.18. The predicted octanol–water partition coefficient (Wildman–Crippen LogP) is 0.760. The van der Waals surface area contributed by atoms with Crippen LogP contribution in [-0.2, 0) is 4.74 Å². The lowest BCUT2D eigenvalue weighted by molar-refractivity contribution is 0.0956. The summed E-state index contributed by atoms with van der Waals surface area (Å²) >= 11 is 0. The van der Waals surface area contributed by atoms with E-state index >= 15 is 0 Å². The Morgan fingerprint density at radius 1 is 1.70 bits per heavy atom. The normalized spacial score (nSPS) is 52.2. The van der Waals surface area contributed by atoms with Gasteiger partial charge in [0.2, 0.25) is 0 Å². The first-order chi connectivity index (χ1) is 4.79. The Bertz CT molecular complexity index is 148. The molecule has 3 unspecified atom stereocenters. The molecule has 2 rings (SSSR count). The summed E-state index contributed by atoms with van der Waals surface area (Å²) in [6.45, 7) is 3.99. The Labute approximate surface area is 61.7 Å². The quantitative estimate of drug-likeness (QED) is 0.585. The van der Waals surface area contributed by atoms with Crippen LogP contribution < -0.4 is 5.73 Å². The van der Waals surface area contributed by atoms with E-state index in [0.29, 0.717) is 11.5 Å². The molecule has 1 aliphatic heterocycles. The molecular weight excluding hydrogens is 126 g/mol. The maximum atomic E-state index is 5.59. The third kappa shape index (κ3) is 0.663. The highest BCUT2D eigenvalue weighted by molar-refractivity contribution is 5.08. The molecular formula is C8H15NO. The molecule has 2 fully saturated rings. The van der Waals surface area contributed by atoms with E-state index in [4.69, 9.17) is 10.5 Å². The van der Waals surface area contributed by atoms with Crippen molar-refractivity contribution in [2.75, 3.05) is 13.2 Å². The summed E-state index contributed by atoms with van der Waals surface area (Å²) < 4.78 is 5.51.